The van der Waals surface area contributed by atoms with Gasteiger partial charge in [-0.1, -0.05) is 12.1 Å². The van der Waals surface area contributed by atoms with Crippen molar-refractivity contribution < 1.29 is 9.47 Å². The van der Waals surface area contributed by atoms with Gasteiger partial charge in [0.05, 0.1) is 19.7 Å². The molecule has 0 aliphatic rings. The van der Waals surface area contributed by atoms with Gasteiger partial charge in [-0.15, -0.1) is 0 Å². The van der Waals surface area contributed by atoms with E-state index in [9.17, 15) is 0 Å². The smallest absolute Gasteiger partial charge is 0.126 e. The lowest BCUT2D eigenvalue weighted by Crippen LogP contribution is -1.91. The highest BCUT2D eigenvalue weighted by atomic mass is 16.5. The molecule has 0 saturated heterocycles. The first-order valence-corrected chi connectivity index (χ1v) is 6.81. The van der Waals surface area contributed by atoms with Gasteiger partial charge in [0.15, 0.2) is 0 Å². The fourth-order valence-corrected chi connectivity index (χ4v) is 2.43. The summed E-state index contributed by atoms with van der Waals surface area (Å²) in [6.45, 7) is 2.00. The Hall–Kier alpha value is -2.55. The number of aryl methyl sites for hydroxylation is 1. The molecule has 0 unspecified atom stereocenters. The second-order valence-corrected chi connectivity index (χ2v) is 4.93. The summed E-state index contributed by atoms with van der Waals surface area (Å²) in [5.74, 6) is 1.64. The molecule has 0 N–H and O–H groups in total. The summed E-state index contributed by atoms with van der Waals surface area (Å²) >= 11 is 0. The van der Waals surface area contributed by atoms with Crippen LogP contribution >= 0.6 is 0 Å². The van der Waals surface area contributed by atoms with Gasteiger partial charge in [0.1, 0.15) is 11.5 Å². The summed E-state index contributed by atoms with van der Waals surface area (Å²) in [4.78, 5) is 4.53. The van der Waals surface area contributed by atoms with Crippen LogP contribution in [-0.4, -0.2) is 19.2 Å². The minimum Gasteiger partial charge on any atom is -0.497 e. The Bertz CT molecular complexity index is 796. The summed E-state index contributed by atoms with van der Waals surface area (Å²) < 4.78 is 10.8. The Morgan fingerprint density at radius 2 is 1.71 bits per heavy atom. The van der Waals surface area contributed by atoms with Gasteiger partial charge in [0.2, 0.25) is 0 Å². The van der Waals surface area contributed by atoms with Crippen LogP contribution in [0, 0.1) is 6.92 Å². The lowest BCUT2D eigenvalue weighted by Gasteiger charge is -2.11. The summed E-state index contributed by atoms with van der Waals surface area (Å²) in [5.41, 5.74) is 4.12. The van der Waals surface area contributed by atoms with Crippen LogP contribution in [0.4, 0.5) is 0 Å². The van der Waals surface area contributed by atoms with E-state index in [1.807, 2.05) is 37.3 Å². The van der Waals surface area contributed by atoms with Gasteiger partial charge in [-0.2, -0.15) is 0 Å². The molecular formula is C18H17NO2. The Balaban J connectivity index is 2.17. The topological polar surface area (TPSA) is 31.4 Å². The van der Waals surface area contributed by atoms with Crippen molar-refractivity contribution >= 4 is 10.9 Å². The van der Waals surface area contributed by atoms with E-state index in [0.29, 0.717) is 0 Å². The van der Waals surface area contributed by atoms with E-state index in [1.54, 1.807) is 14.2 Å². The molecule has 2 aromatic carbocycles. The molecule has 0 aliphatic heterocycles. The molecule has 0 aliphatic carbocycles. The number of aromatic nitrogens is 1. The van der Waals surface area contributed by atoms with Gasteiger partial charge < -0.3 is 9.47 Å². The number of fused-ring (bicyclic) bond motifs is 1. The molecule has 0 atom stereocenters. The van der Waals surface area contributed by atoms with E-state index in [2.05, 4.69) is 23.2 Å². The van der Waals surface area contributed by atoms with Gasteiger partial charge in [-0.25, -0.2) is 0 Å². The minimum absolute atomic E-state index is 0.813. The maximum absolute atomic E-state index is 5.46. The molecule has 0 fully saturated rings. The van der Waals surface area contributed by atoms with Crippen LogP contribution in [0.5, 0.6) is 11.5 Å². The summed E-state index contributed by atoms with van der Waals surface area (Å²) in [6.07, 6.45) is 0. The molecule has 0 amide bonds. The largest absolute Gasteiger partial charge is 0.497 e. The predicted octanol–water partition coefficient (Wildman–Crippen LogP) is 4.23. The lowest BCUT2D eigenvalue weighted by atomic mass is 10.0. The third-order valence-corrected chi connectivity index (χ3v) is 3.55. The maximum Gasteiger partial charge on any atom is 0.126 e. The highest BCUT2D eigenvalue weighted by Gasteiger charge is 2.08. The van der Waals surface area contributed by atoms with E-state index in [0.717, 1.165) is 39.2 Å². The molecule has 0 bridgehead atoms. The van der Waals surface area contributed by atoms with Crippen molar-refractivity contribution in [2.75, 3.05) is 14.2 Å². The molecular weight excluding hydrogens is 262 g/mol. The Labute approximate surface area is 124 Å². The number of hydrogen-bond donors (Lipinski definition) is 0. The fourth-order valence-electron chi connectivity index (χ4n) is 2.43. The van der Waals surface area contributed by atoms with Crippen LogP contribution in [-0.2, 0) is 0 Å². The van der Waals surface area contributed by atoms with Crippen LogP contribution < -0.4 is 9.47 Å². The molecule has 0 saturated carbocycles. The van der Waals surface area contributed by atoms with Crippen molar-refractivity contribution in [1.82, 2.24) is 4.98 Å². The Morgan fingerprint density at radius 3 is 2.48 bits per heavy atom. The van der Waals surface area contributed by atoms with Crippen molar-refractivity contribution in [1.29, 1.82) is 0 Å². The van der Waals surface area contributed by atoms with Crippen LogP contribution in [0.3, 0.4) is 0 Å². The normalized spacial score (nSPS) is 10.6. The van der Waals surface area contributed by atoms with Crippen LogP contribution in [0.1, 0.15) is 5.69 Å². The van der Waals surface area contributed by atoms with Crippen molar-refractivity contribution in [2.45, 2.75) is 6.92 Å². The zero-order chi connectivity index (χ0) is 14.8. The van der Waals surface area contributed by atoms with Crippen LogP contribution in [0.15, 0.2) is 48.5 Å². The number of methoxy groups -OCH3 is 2. The SMILES string of the molecule is COc1ccc(OC)c(-c2ccc3nc(C)ccc3c2)c1. The maximum atomic E-state index is 5.46. The van der Waals surface area contributed by atoms with Crippen molar-refractivity contribution in [3.05, 3.63) is 54.2 Å². The van der Waals surface area contributed by atoms with Gasteiger partial charge in [0, 0.05) is 16.6 Å². The third-order valence-electron chi connectivity index (χ3n) is 3.55. The summed E-state index contributed by atoms with van der Waals surface area (Å²) in [5, 5.41) is 1.11. The van der Waals surface area contributed by atoms with E-state index >= 15 is 0 Å². The van der Waals surface area contributed by atoms with Crippen molar-refractivity contribution in [2.24, 2.45) is 0 Å². The van der Waals surface area contributed by atoms with Gasteiger partial charge in [-0.3, -0.25) is 4.98 Å². The highest BCUT2D eigenvalue weighted by molar-refractivity contribution is 5.86. The second kappa shape index (κ2) is 5.44. The highest BCUT2D eigenvalue weighted by Crippen LogP contribution is 2.34. The van der Waals surface area contributed by atoms with Crippen molar-refractivity contribution in [3.63, 3.8) is 0 Å². The molecule has 0 spiro atoms. The Kier molecular flexibility index (Phi) is 3.48. The first kappa shape index (κ1) is 13.4. The quantitative estimate of drug-likeness (QED) is 0.719. The summed E-state index contributed by atoms with van der Waals surface area (Å²) in [7, 11) is 3.34. The molecule has 3 nitrogen and oxygen atoms in total. The van der Waals surface area contributed by atoms with Crippen LogP contribution in [0.25, 0.3) is 22.0 Å². The fraction of sp³-hybridized carbons (Fsp3) is 0.167. The first-order chi connectivity index (χ1) is 10.2. The second-order valence-electron chi connectivity index (χ2n) is 4.93. The van der Waals surface area contributed by atoms with Gasteiger partial charge >= 0.3 is 0 Å². The molecule has 106 valence electrons. The molecule has 1 aromatic heterocycles. The van der Waals surface area contributed by atoms with Crippen molar-refractivity contribution in [3.8, 4) is 22.6 Å². The van der Waals surface area contributed by atoms with E-state index in [-0.39, 0.29) is 0 Å². The number of rotatable bonds is 3. The molecule has 0 radical (unpaired) electrons. The van der Waals surface area contributed by atoms with Crippen LogP contribution in [0.2, 0.25) is 0 Å². The number of hydrogen-bond acceptors (Lipinski definition) is 3. The molecule has 3 aromatic rings. The number of benzene rings is 2. The zero-order valence-electron chi connectivity index (χ0n) is 12.4. The number of ether oxygens (including phenoxy) is 2. The minimum atomic E-state index is 0.813. The number of pyridine rings is 1. The molecule has 3 heteroatoms. The van der Waals surface area contributed by atoms with E-state index in [1.165, 1.54) is 0 Å². The Morgan fingerprint density at radius 1 is 0.857 bits per heavy atom. The average molecular weight is 279 g/mol. The van der Waals surface area contributed by atoms with Gasteiger partial charge in [0.25, 0.3) is 0 Å². The number of nitrogens with zero attached hydrogens (tertiary/aromatic N) is 1. The standard InChI is InChI=1S/C18H17NO2/c1-12-4-5-14-10-13(6-8-17(14)19-12)16-11-15(20-2)7-9-18(16)21-3/h4-11H,1-3H3. The first-order valence-electron chi connectivity index (χ1n) is 6.81. The lowest BCUT2D eigenvalue weighted by molar-refractivity contribution is 0.404. The molecule has 21 heavy (non-hydrogen) atoms. The predicted molar refractivity (Wildman–Crippen MR) is 85.0 cm³/mol. The van der Waals surface area contributed by atoms with E-state index in [4.69, 9.17) is 9.47 Å². The van der Waals surface area contributed by atoms with E-state index < -0.39 is 0 Å². The molecule has 3 rings (SSSR count). The third kappa shape index (κ3) is 2.55. The average Bonchev–Trinajstić information content (AvgIpc) is 2.53. The van der Waals surface area contributed by atoms with Gasteiger partial charge in [-0.05, 0) is 48.9 Å². The molecule has 1 heterocycles. The monoisotopic (exact) mass is 279 g/mol. The zero-order valence-corrected chi connectivity index (χ0v) is 12.4. The summed E-state index contributed by atoms with van der Waals surface area (Å²) in [6, 6.07) is 16.1.